The predicted octanol–water partition coefficient (Wildman–Crippen LogP) is 5.35. The maximum Gasteiger partial charge on any atom is 0.103 e. The van der Waals surface area contributed by atoms with Gasteiger partial charge in [-0.2, -0.15) is 5.26 Å². The van der Waals surface area contributed by atoms with Gasteiger partial charge in [0.25, 0.3) is 0 Å². The molecule has 4 heteroatoms. The molecule has 0 aliphatic carbocycles. The number of benzene rings is 2. The van der Waals surface area contributed by atoms with Crippen LogP contribution in [-0.2, 0) is 0 Å². The van der Waals surface area contributed by atoms with Crippen molar-refractivity contribution in [3.63, 3.8) is 0 Å². The maximum absolute atomic E-state index is 9.49. The van der Waals surface area contributed by atoms with Crippen molar-refractivity contribution in [2.75, 3.05) is 5.32 Å². The Morgan fingerprint density at radius 1 is 1.00 bits per heavy atom. The smallest absolute Gasteiger partial charge is 0.103 e. The van der Waals surface area contributed by atoms with E-state index in [9.17, 15) is 5.26 Å². The average molecular weight is 336 g/mol. The first-order chi connectivity index (χ1) is 12.8. The number of hydrogen-bond donors (Lipinski definition) is 2. The van der Waals surface area contributed by atoms with E-state index >= 15 is 0 Å². The zero-order valence-corrected chi connectivity index (χ0v) is 14.0. The SMILES string of the molecule is N#Cc1cncc(C=Cc2ccccc2)c1Nc1ccc2[nH]ccc2c1. The van der Waals surface area contributed by atoms with E-state index in [4.69, 9.17) is 0 Å². The van der Waals surface area contributed by atoms with Crippen molar-refractivity contribution in [2.45, 2.75) is 0 Å². The molecule has 0 aliphatic rings. The zero-order chi connectivity index (χ0) is 17.8. The molecule has 124 valence electrons. The largest absolute Gasteiger partial charge is 0.361 e. The van der Waals surface area contributed by atoms with E-state index in [1.165, 1.54) is 0 Å². The fraction of sp³-hybridized carbons (Fsp3) is 0. The van der Waals surface area contributed by atoms with Gasteiger partial charge in [0.05, 0.1) is 11.3 Å². The third-order valence-electron chi connectivity index (χ3n) is 4.17. The fourth-order valence-corrected chi connectivity index (χ4v) is 2.85. The summed E-state index contributed by atoms with van der Waals surface area (Å²) in [4.78, 5) is 7.37. The molecule has 0 saturated carbocycles. The molecule has 0 amide bonds. The minimum Gasteiger partial charge on any atom is -0.361 e. The summed E-state index contributed by atoms with van der Waals surface area (Å²) in [6.07, 6.45) is 9.24. The van der Waals surface area contributed by atoms with Crippen molar-refractivity contribution in [1.82, 2.24) is 9.97 Å². The summed E-state index contributed by atoms with van der Waals surface area (Å²) in [5.74, 6) is 0. The second kappa shape index (κ2) is 6.96. The zero-order valence-electron chi connectivity index (χ0n) is 14.0. The van der Waals surface area contributed by atoms with E-state index in [2.05, 4.69) is 27.4 Å². The summed E-state index contributed by atoms with van der Waals surface area (Å²) < 4.78 is 0. The molecular formula is C22H16N4. The van der Waals surface area contributed by atoms with Crippen LogP contribution in [0.1, 0.15) is 16.7 Å². The van der Waals surface area contributed by atoms with Gasteiger partial charge < -0.3 is 10.3 Å². The molecule has 2 N–H and O–H groups in total. The summed E-state index contributed by atoms with van der Waals surface area (Å²) in [6.45, 7) is 0. The van der Waals surface area contributed by atoms with Gasteiger partial charge in [-0.3, -0.25) is 4.98 Å². The van der Waals surface area contributed by atoms with Gasteiger partial charge in [0.15, 0.2) is 0 Å². The molecule has 4 aromatic rings. The van der Waals surface area contributed by atoms with E-state index in [1.54, 1.807) is 12.4 Å². The quantitative estimate of drug-likeness (QED) is 0.528. The maximum atomic E-state index is 9.49. The summed E-state index contributed by atoms with van der Waals surface area (Å²) in [6, 6.07) is 20.3. The highest BCUT2D eigenvalue weighted by atomic mass is 14.9. The van der Waals surface area contributed by atoms with E-state index in [1.807, 2.05) is 66.9 Å². The van der Waals surface area contributed by atoms with Gasteiger partial charge in [-0.15, -0.1) is 0 Å². The van der Waals surface area contributed by atoms with Crippen LogP contribution in [0.2, 0.25) is 0 Å². The molecule has 0 bridgehead atoms. The number of nitrogens with one attached hydrogen (secondary N) is 2. The number of aromatic amines is 1. The van der Waals surface area contributed by atoms with E-state index in [0.717, 1.165) is 33.4 Å². The molecule has 2 aromatic heterocycles. The average Bonchev–Trinajstić information content (AvgIpc) is 3.16. The van der Waals surface area contributed by atoms with Crippen LogP contribution < -0.4 is 5.32 Å². The van der Waals surface area contributed by atoms with Gasteiger partial charge in [-0.1, -0.05) is 42.5 Å². The van der Waals surface area contributed by atoms with Crippen LogP contribution in [0, 0.1) is 11.3 Å². The third-order valence-corrected chi connectivity index (χ3v) is 4.17. The molecule has 0 atom stereocenters. The van der Waals surface area contributed by atoms with Gasteiger partial charge in [0.1, 0.15) is 6.07 Å². The molecule has 0 radical (unpaired) electrons. The Morgan fingerprint density at radius 3 is 2.73 bits per heavy atom. The van der Waals surface area contributed by atoms with E-state index in [0.29, 0.717) is 5.56 Å². The van der Waals surface area contributed by atoms with Gasteiger partial charge in [-0.05, 0) is 29.8 Å². The Morgan fingerprint density at radius 2 is 1.88 bits per heavy atom. The van der Waals surface area contributed by atoms with Crippen molar-refractivity contribution in [1.29, 1.82) is 5.26 Å². The molecule has 2 heterocycles. The lowest BCUT2D eigenvalue weighted by molar-refractivity contribution is 1.29. The van der Waals surface area contributed by atoms with Crippen molar-refractivity contribution < 1.29 is 0 Å². The highest BCUT2D eigenvalue weighted by molar-refractivity contribution is 5.86. The molecule has 26 heavy (non-hydrogen) atoms. The van der Waals surface area contributed by atoms with Crippen molar-refractivity contribution in [2.24, 2.45) is 0 Å². The van der Waals surface area contributed by atoms with Gasteiger partial charge in [0.2, 0.25) is 0 Å². The Bertz CT molecular complexity index is 1120. The number of rotatable bonds is 4. The van der Waals surface area contributed by atoms with Crippen LogP contribution in [0.5, 0.6) is 0 Å². The third kappa shape index (κ3) is 3.19. The number of fused-ring (bicyclic) bond motifs is 1. The number of H-pyrrole nitrogens is 1. The number of nitriles is 1. The first kappa shape index (κ1) is 15.7. The molecule has 0 aliphatic heterocycles. The summed E-state index contributed by atoms with van der Waals surface area (Å²) in [5.41, 5.74) is 5.22. The lowest BCUT2D eigenvalue weighted by Crippen LogP contribution is -1.97. The summed E-state index contributed by atoms with van der Waals surface area (Å²) in [5, 5.41) is 14.0. The number of anilines is 2. The molecule has 0 fully saturated rings. The second-order valence-electron chi connectivity index (χ2n) is 5.91. The fourth-order valence-electron chi connectivity index (χ4n) is 2.85. The van der Waals surface area contributed by atoms with Crippen LogP contribution in [-0.4, -0.2) is 9.97 Å². The molecular weight excluding hydrogens is 320 g/mol. The molecule has 4 nitrogen and oxygen atoms in total. The Labute approximate surface area is 151 Å². The normalized spacial score (nSPS) is 10.9. The monoisotopic (exact) mass is 336 g/mol. The number of nitrogens with zero attached hydrogens (tertiary/aromatic N) is 2. The van der Waals surface area contributed by atoms with Crippen molar-refractivity contribution in [3.8, 4) is 6.07 Å². The highest BCUT2D eigenvalue weighted by Gasteiger charge is 2.08. The standard InChI is InChI=1S/C22H16N4/c23-13-19-15-24-14-18(7-6-16-4-2-1-3-5-16)22(19)26-20-8-9-21-17(12-20)10-11-25-21/h1-12,14-15,25H,(H,24,26). The summed E-state index contributed by atoms with van der Waals surface area (Å²) >= 11 is 0. The Hall–Kier alpha value is -3.84. The highest BCUT2D eigenvalue weighted by Crippen LogP contribution is 2.27. The van der Waals surface area contributed by atoms with Crippen molar-refractivity contribution in [3.05, 3.63) is 89.9 Å². The number of aromatic nitrogens is 2. The van der Waals surface area contributed by atoms with Crippen LogP contribution in [0.25, 0.3) is 23.1 Å². The summed E-state index contributed by atoms with van der Waals surface area (Å²) in [7, 11) is 0. The molecule has 0 unspecified atom stereocenters. The van der Waals surface area contributed by atoms with Crippen LogP contribution in [0.4, 0.5) is 11.4 Å². The minimum absolute atomic E-state index is 0.509. The first-order valence-corrected chi connectivity index (χ1v) is 8.29. The van der Waals surface area contributed by atoms with E-state index < -0.39 is 0 Å². The van der Waals surface area contributed by atoms with Crippen LogP contribution in [0.3, 0.4) is 0 Å². The number of pyridine rings is 1. The molecule has 2 aromatic carbocycles. The van der Waals surface area contributed by atoms with Gasteiger partial charge >= 0.3 is 0 Å². The Balaban J connectivity index is 1.72. The molecule has 4 rings (SSSR count). The molecule has 0 spiro atoms. The van der Waals surface area contributed by atoms with Crippen LogP contribution >= 0.6 is 0 Å². The first-order valence-electron chi connectivity index (χ1n) is 8.29. The van der Waals surface area contributed by atoms with Gasteiger partial charge in [0, 0.05) is 40.7 Å². The lowest BCUT2D eigenvalue weighted by Gasteiger charge is -2.11. The minimum atomic E-state index is 0.509. The predicted molar refractivity (Wildman–Crippen MR) is 106 cm³/mol. The number of hydrogen-bond acceptors (Lipinski definition) is 3. The van der Waals surface area contributed by atoms with Crippen LogP contribution in [0.15, 0.2) is 73.2 Å². The second-order valence-corrected chi connectivity index (χ2v) is 5.91. The van der Waals surface area contributed by atoms with Crippen molar-refractivity contribution >= 4 is 34.4 Å². The Kier molecular flexibility index (Phi) is 4.19. The van der Waals surface area contributed by atoms with E-state index in [-0.39, 0.29) is 0 Å². The van der Waals surface area contributed by atoms with Gasteiger partial charge in [-0.25, -0.2) is 0 Å². The lowest BCUT2D eigenvalue weighted by atomic mass is 10.1. The topological polar surface area (TPSA) is 64.5 Å². The molecule has 0 saturated heterocycles.